The van der Waals surface area contributed by atoms with Crippen LogP contribution in [-0.4, -0.2) is 62.9 Å². The number of carbonyl (C=O) groups is 1. The smallest absolute Gasteiger partial charge is 0.246 e. The van der Waals surface area contributed by atoms with Crippen LogP contribution in [0.2, 0.25) is 10.0 Å². The van der Waals surface area contributed by atoms with E-state index in [1.807, 2.05) is 19.9 Å². The monoisotopic (exact) mass is 512 g/mol. The fourth-order valence-electron chi connectivity index (χ4n) is 3.37. The maximum absolute atomic E-state index is 12.9. The van der Waals surface area contributed by atoms with Gasteiger partial charge >= 0.3 is 0 Å². The largest absolute Gasteiger partial charge is 0.493 e. The van der Waals surface area contributed by atoms with Gasteiger partial charge in [0.25, 0.3) is 0 Å². The summed E-state index contributed by atoms with van der Waals surface area (Å²) in [7, 11) is -2.24. The molecule has 2 aromatic rings. The van der Waals surface area contributed by atoms with Gasteiger partial charge in [0.05, 0.1) is 18.2 Å². The third-order valence-corrected chi connectivity index (χ3v) is 7.65. The fraction of sp³-hybridized carbons (Fsp3) is 0.348. The molecular formula is C23H26Cl2N2O5S. The van der Waals surface area contributed by atoms with Crippen molar-refractivity contribution in [3.05, 3.63) is 58.1 Å². The normalized spacial score (nSPS) is 15.3. The van der Waals surface area contributed by atoms with Crippen LogP contribution < -0.4 is 9.47 Å². The SMILES string of the molecule is COc1cc(/C=C/C(=O)N2CCN(S(=O)(=O)c3cc(Cl)ccc3Cl)CC2)ccc1OC(C)C. The van der Waals surface area contributed by atoms with E-state index in [2.05, 4.69) is 0 Å². The lowest BCUT2D eigenvalue weighted by atomic mass is 10.2. The molecule has 0 unspecified atom stereocenters. The van der Waals surface area contributed by atoms with E-state index in [1.165, 1.54) is 28.6 Å². The summed E-state index contributed by atoms with van der Waals surface area (Å²) in [6.45, 7) is 4.73. The third kappa shape index (κ3) is 6.20. The topological polar surface area (TPSA) is 76.2 Å². The fourth-order valence-corrected chi connectivity index (χ4v) is 5.53. The first-order chi connectivity index (χ1) is 15.6. The number of nitrogens with zero attached hydrogens (tertiary/aromatic N) is 2. The van der Waals surface area contributed by atoms with Crippen molar-refractivity contribution in [2.45, 2.75) is 24.8 Å². The summed E-state index contributed by atoms with van der Waals surface area (Å²) in [6.07, 6.45) is 3.17. The molecule has 1 aliphatic heterocycles. The highest BCUT2D eigenvalue weighted by Crippen LogP contribution is 2.30. The summed E-state index contributed by atoms with van der Waals surface area (Å²) in [5, 5.41) is 0.401. The molecule has 1 heterocycles. The van der Waals surface area contributed by atoms with Crippen molar-refractivity contribution in [2.24, 2.45) is 0 Å². The number of benzene rings is 2. The molecule has 0 spiro atoms. The zero-order chi connectivity index (χ0) is 24.2. The second kappa shape index (κ2) is 10.8. The van der Waals surface area contributed by atoms with E-state index in [4.69, 9.17) is 32.7 Å². The lowest BCUT2D eigenvalue weighted by molar-refractivity contribution is -0.127. The number of amides is 1. The van der Waals surface area contributed by atoms with Crippen molar-refractivity contribution in [1.29, 1.82) is 0 Å². The maximum Gasteiger partial charge on any atom is 0.246 e. The average molecular weight is 513 g/mol. The van der Waals surface area contributed by atoms with Crippen molar-refractivity contribution < 1.29 is 22.7 Å². The van der Waals surface area contributed by atoms with E-state index >= 15 is 0 Å². The zero-order valence-corrected chi connectivity index (χ0v) is 21.0. The molecule has 0 aromatic heterocycles. The quantitative estimate of drug-likeness (QED) is 0.515. The Morgan fingerprint density at radius 1 is 1.03 bits per heavy atom. The molecular weight excluding hydrogens is 487 g/mol. The Balaban J connectivity index is 1.64. The first-order valence-corrected chi connectivity index (χ1v) is 12.6. The number of rotatable bonds is 7. The third-order valence-electron chi connectivity index (χ3n) is 5.03. The van der Waals surface area contributed by atoms with Gasteiger partial charge in [-0.3, -0.25) is 4.79 Å². The number of carbonyl (C=O) groups excluding carboxylic acids is 1. The molecule has 1 aliphatic rings. The molecule has 0 atom stereocenters. The van der Waals surface area contributed by atoms with Gasteiger partial charge in [0.1, 0.15) is 4.90 Å². The lowest BCUT2D eigenvalue weighted by Crippen LogP contribution is -2.50. The number of methoxy groups -OCH3 is 1. The van der Waals surface area contributed by atoms with Crippen LogP contribution in [-0.2, 0) is 14.8 Å². The van der Waals surface area contributed by atoms with Crippen LogP contribution in [0, 0.1) is 0 Å². The zero-order valence-electron chi connectivity index (χ0n) is 18.6. The first-order valence-electron chi connectivity index (χ1n) is 10.4. The molecule has 1 amide bonds. The predicted molar refractivity (Wildman–Crippen MR) is 130 cm³/mol. The number of piperazine rings is 1. The van der Waals surface area contributed by atoms with Crippen LogP contribution in [0.15, 0.2) is 47.4 Å². The molecule has 0 saturated carbocycles. The molecule has 178 valence electrons. The van der Waals surface area contributed by atoms with Crippen molar-refractivity contribution in [3.8, 4) is 11.5 Å². The number of ether oxygens (including phenoxy) is 2. The lowest BCUT2D eigenvalue weighted by Gasteiger charge is -2.33. The van der Waals surface area contributed by atoms with E-state index < -0.39 is 10.0 Å². The Morgan fingerprint density at radius 2 is 1.73 bits per heavy atom. The Hall–Kier alpha value is -2.26. The summed E-state index contributed by atoms with van der Waals surface area (Å²) in [5.41, 5.74) is 0.785. The Morgan fingerprint density at radius 3 is 2.36 bits per heavy atom. The van der Waals surface area contributed by atoms with Crippen LogP contribution in [0.1, 0.15) is 19.4 Å². The second-order valence-corrected chi connectivity index (χ2v) is 10.5. The molecule has 1 fully saturated rings. The molecule has 3 rings (SSSR count). The predicted octanol–water partition coefficient (Wildman–Crippen LogP) is 4.34. The van der Waals surface area contributed by atoms with Gasteiger partial charge in [-0.1, -0.05) is 29.3 Å². The van der Waals surface area contributed by atoms with Gasteiger partial charge in [-0.2, -0.15) is 4.31 Å². The maximum atomic E-state index is 12.9. The summed E-state index contributed by atoms with van der Waals surface area (Å²) >= 11 is 12.0. The molecule has 0 aliphatic carbocycles. The molecule has 0 radical (unpaired) electrons. The standard InChI is InChI=1S/C23H26Cl2N2O5S/c1-16(2)32-20-8-4-17(14-21(20)31-3)5-9-23(28)26-10-12-27(13-11-26)33(29,30)22-15-18(24)6-7-19(22)25/h4-9,14-16H,10-13H2,1-3H3/b9-5+. The minimum atomic E-state index is -3.80. The molecule has 1 saturated heterocycles. The van der Waals surface area contributed by atoms with Crippen molar-refractivity contribution in [2.75, 3.05) is 33.3 Å². The highest BCUT2D eigenvalue weighted by atomic mass is 35.5. The van der Waals surface area contributed by atoms with E-state index in [0.717, 1.165) is 5.56 Å². The van der Waals surface area contributed by atoms with Crippen molar-refractivity contribution >= 4 is 45.2 Å². The molecule has 2 aromatic carbocycles. The van der Waals surface area contributed by atoms with Gasteiger partial charge in [-0.15, -0.1) is 0 Å². The second-order valence-electron chi connectivity index (χ2n) is 7.71. The highest BCUT2D eigenvalue weighted by Gasteiger charge is 2.31. The Labute approximate surface area is 204 Å². The van der Waals surface area contributed by atoms with Gasteiger partial charge < -0.3 is 14.4 Å². The Bertz CT molecular complexity index is 1140. The number of sulfonamides is 1. The van der Waals surface area contributed by atoms with Crippen molar-refractivity contribution in [1.82, 2.24) is 9.21 Å². The highest BCUT2D eigenvalue weighted by molar-refractivity contribution is 7.89. The van der Waals surface area contributed by atoms with Crippen LogP contribution >= 0.6 is 23.2 Å². The minimum Gasteiger partial charge on any atom is -0.493 e. The van der Waals surface area contributed by atoms with E-state index in [1.54, 1.807) is 30.2 Å². The van der Waals surface area contributed by atoms with E-state index in [9.17, 15) is 13.2 Å². The van der Waals surface area contributed by atoms with E-state index in [0.29, 0.717) is 11.5 Å². The van der Waals surface area contributed by atoms with Gasteiger partial charge in [0, 0.05) is 37.3 Å². The van der Waals surface area contributed by atoms with Crippen molar-refractivity contribution in [3.63, 3.8) is 0 Å². The number of hydrogen-bond donors (Lipinski definition) is 0. The molecule has 0 bridgehead atoms. The summed E-state index contributed by atoms with van der Waals surface area (Å²) in [6, 6.07) is 9.76. The summed E-state index contributed by atoms with van der Waals surface area (Å²) in [4.78, 5) is 14.2. The van der Waals surface area contributed by atoms with Crippen LogP contribution in [0.5, 0.6) is 11.5 Å². The summed E-state index contributed by atoms with van der Waals surface area (Å²) in [5.74, 6) is 1.01. The van der Waals surface area contributed by atoms with Gasteiger partial charge in [-0.25, -0.2) is 8.42 Å². The average Bonchev–Trinajstić information content (AvgIpc) is 2.79. The van der Waals surface area contributed by atoms with Crippen LogP contribution in [0.25, 0.3) is 6.08 Å². The molecule has 10 heteroatoms. The van der Waals surface area contributed by atoms with Gasteiger partial charge in [0.2, 0.25) is 15.9 Å². The molecule has 7 nitrogen and oxygen atoms in total. The summed E-state index contributed by atoms with van der Waals surface area (Å²) < 4.78 is 38.3. The Kier molecular flexibility index (Phi) is 8.28. The van der Waals surface area contributed by atoms with Crippen LogP contribution in [0.3, 0.4) is 0 Å². The number of hydrogen-bond acceptors (Lipinski definition) is 5. The minimum absolute atomic E-state index is 0.0132. The van der Waals surface area contributed by atoms with Gasteiger partial charge in [0.15, 0.2) is 11.5 Å². The first kappa shape index (κ1) is 25.4. The van der Waals surface area contributed by atoms with E-state index in [-0.39, 0.29) is 53.1 Å². The molecule has 33 heavy (non-hydrogen) atoms. The molecule has 0 N–H and O–H groups in total. The van der Waals surface area contributed by atoms with Gasteiger partial charge in [-0.05, 0) is 55.8 Å². The van der Waals surface area contributed by atoms with Crippen LogP contribution in [0.4, 0.5) is 0 Å². The number of halogens is 2.